The summed E-state index contributed by atoms with van der Waals surface area (Å²) in [6.45, 7) is 0.881. The van der Waals surface area contributed by atoms with Gasteiger partial charge in [0, 0.05) is 6.07 Å². The molecule has 1 fully saturated rings. The minimum Gasteiger partial charge on any atom is -0.492 e. The summed E-state index contributed by atoms with van der Waals surface area (Å²) in [5, 5.41) is 5.63. The van der Waals surface area contributed by atoms with Crippen molar-refractivity contribution in [3.8, 4) is 5.75 Å². The van der Waals surface area contributed by atoms with Gasteiger partial charge in [-0.2, -0.15) is 13.2 Å². The molecular formula is C14H16F4N2O2. The van der Waals surface area contributed by atoms with Crippen molar-refractivity contribution in [2.24, 2.45) is 0 Å². The summed E-state index contributed by atoms with van der Waals surface area (Å²) < 4.78 is 55.8. The molecule has 2 N–H and O–H groups in total. The highest BCUT2D eigenvalue weighted by Gasteiger charge is 2.31. The summed E-state index contributed by atoms with van der Waals surface area (Å²) >= 11 is 0. The van der Waals surface area contributed by atoms with E-state index in [0.29, 0.717) is 6.07 Å². The molecule has 1 aromatic rings. The van der Waals surface area contributed by atoms with Crippen molar-refractivity contribution in [2.45, 2.75) is 25.1 Å². The molecule has 1 heterocycles. The number of nitrogens with one attached hydrogen (secondary N) is 2. The van der Waals surface area contributed by atoms with Crippen LogP contribution in [-0.4, -0.2) is 31.6 Å². The van der Waals surface area contributed by atoms with Gasteiger partial charge >= 0.3 is 6.18 Å². The maximum atomic E-state index is 13.1. The maximum Gasteiger partial charge on any atom is 0.416 e. The van der Waals surface area contributed by atoms with E-state index in [1.54, 1.807) is 0 Å². The Morgan fingerprint density at radius 1 is 1.36 bits per heavy atom. The van der Waals surface area contributed by atoms with Crippen molar-refractivity contribution in [2.75, 3.05) is 19.7 Å². The van der Waals surface area contributed by atoms with Gasteiger partial charge in [-0.15, -0.1) is 0 Å². The zero-order valence-electron chi connectivity index (χ0n) is 11.7. The number of carbonyl (C=O) groups is 1. The Labute approximate surface area is 124 Å². The van der Waals surface area contributed by atoms with Crippen LogP contribution in [-0.2, 0) is 11.0 Å². The highest BCUT2D eigenvalue weighted by Crippen LogP contribution is 2.32. The Morgan fingerprint density at radius 3 is 2.77 bits per heavy atom. The normalized spacial score (nSPS) is 18.3. The fourth-order valence-electron chi connectivity index (χ4n) is 2.18. The highest BCUT2D eigenvalue weighted by molar-refractivity contribution is 5.81. The summed E-state index contributed by atoms with van der Waals surface area (Å²) in [5.74, 6) is -1.42. The Morgan fingerprint density at radius 2 is 2.14 bits per heavy atom. The molecule has 0 bridgehead atoms. The summed E-state index contributed by atoms with van der Waals surface area (Å²) in [7, 11) is 0. The highest BCUT2D eigenvalue weighted by atomic mass is 19.4. The minimum atomic E-state index is -4.64. The summed E-state index contributed by atoms with van der Waals surface area (Å²) in [6.07, 6.45) is -2.95. The summed E-state index contributed by atoms with van der Waals surface area (Å²) in [4.78, 5) is 11.7. The van der Waals surface area contributed by atoms with Crippen molar-refractivity contribution >= 4 is 5.91 Å². The van der Waals surface area contributed by atoms with E-state index < -0.39 is 17.6 Å². The van der Waals surface area contributed by atoms with Gasteiger partial charge in [-0.05, 0) is 31.5 Å². The fourth-order valence-corrected chi connectivity index (χ4v) is 2.18. The third-order valence-corrected chi connectivity index (χ3v) is 3.25. The van der Waals surface area contributed by atoms with E-state index >= 15 is 0 Å². The number of hydrogen-bond acceptors (Lipinski definition) is 3. The lowest BCUT2D eigenvalue weighted by molar-refractivity contribution is -0.137. The lowest BCUT2D eigenvalue weighted by Gasteiger charge is -2.13. The van der Waals surface area contributed by atoms with E-state index in [-0.39, 0.29) is 30.9 Å². The van der Waals surface area contributed by atoms with Crippen molar-refractivity contribution in [1.82, 2.24) is 10.6 Å². The van der Waals surface area contributed by atoms with Gasteiger partial charge in [-0.25, -0.2) is 4.39 Å². The first-order chi connectivity index (χ1) is 10.4. The second-order valence-corrected chi connectivity index (χ2v) is 4.96. The fraction of sp³-hybridized carbons (Fsp3) is 0.500. The van der Waals surface area contributed by atoms with Crippen molar-refractivity contribution < 1.29 is 27.1 Å². The molecule has 1 amide bonds. The molecule has 8 heteroatoms. The largest absolute Gasteiger partial charge is 0.492 e. The number of benzene rings is 1. The second-order valence-electron chi connectivity index (χ2n) is 4.96. The molecule has 22 heavy (non-hydrogen) atoms. The van der Waals surface area contributed by atoms with E-state index in [9.17, 15) is 22.4 Å². The van der Waals surface area contributed by atoms with Crippen LogP contribution in [0.25, 0.3) is 0 Å². The number of carbonyl (C=O) groups excluding carboxylic acids is 1. The van der Waals surface area contributed by atoms with Crippen LogP contribution in [0, 0.1) is 5.82 Å². The van der Waals surface area contributed by atoms with Crippen LogP contribution in [0.5, 0.6) is 5.75 Å². The summed E-state index contributed by atoms with van der Waals surface area (Å²) in [6, 6.07) is 1.77. The zero-order valence-corrected chi connectivity index (χ0v) is 11.7. The smallest absolute Gasteiger partial charge is 0.416 e. The molecule has 0 spiro atoms. The van der Waals surface area contributed by atoms with Crippen molar-refractivity contribution in [1.29, 1.82) is 0 Å². The molecule has 1 saturated heterocycles. The quantitative estimate of drug-likeness (QED) is 0.645. The van der Waals surface area contributed by atoms with Gasteiger partial charge in [-0.1, -0.05) is 0 Å². The third-order valence-electron chi connectivity index (χ3n) is 3.25. The van der Waals surface area contributed by atoms with Crippen LogP contribution in [0.4, 0.5) is 17.6 Å². The number of rotatable bonds is 5. The van der Waals surface area contributed by atoms with Crippen LogP contribution in [0.1, 0.15) is 18.4 Å². The molecule has 1 aliphatic heterocycles. The van der Waals surface area contributed by atoms with E-state index in [4.69, 9.17) is 4.74 Å². The molecule has 0 aromatic heterocycles. The molecule has 4 nitrogen and oxygen atoms in total. The van der Waals surface area contributed by atoms with Crippen LogP contribution in [0.15, 0.2) is 18.2 Å². The van der Waals surface area contributed by atoms with Gasteiger partial charge in [0.05, 0.1) is 18.2 Å². The molecular weight excluding hydrogens is 304 g/mol. The molecule has 122 valence electrons. The first kappa shape index (κ1) is 16.5. The van der Waals surface area contributed by atoms with Crippen LogP contribution < -0.4 is 15.4 Å². The monoisotopic (exact) mass is 320 g/mol. The molecule has 0 radical (unpaired) electrons. The Bertz CT molecular complexity index is 528. The van der Waals surface area contributed by atoms with Gasteiger partial charge in [-0.3, -0.25) is 4.79 Å². The van der Waals surface area contributed by atoms with Gasteiger partial charge < -0.3 is 15.4 Å². The predicted molar refractivity (Wildman–Crippen MR) is 70.9 cm³/mol. The average Bonchev–Trinajstić information content (AvgIpc) is 2.96. The Hall–Kier alpha value is -1.83. The average molecular weight is 320 g/mol. The van der Waals surface area contributed by atoms with E-state index in [1.807, 2.05) is 0 Å². The molecule has 0 unspecified atom stereocenters. The maximum absolute atomic E-state index is 13.1. The first-order valence-corrected chi connectivity index (χ1v) is 6.88. The lowest BCUT2D eigenvalue weighted by atomic mass is 10.2. The number of hydrogen-bond donors (Lipinski definition) is 2. The van der Waals surface area contributed by atoms with Gasteiger partial charge in [0.2, 0.25) is 5.91 Å². The van der Waals surface area contributed by atoms with Crippen LogP contribution >= 0.6 is 0 Å². The summed E-state index contributed by atoms with van der Waals surface area (Å²) in [5.41, 5.74) is -1.11. The van der Waals surface area contributed by atoms with E-state index in [1.165, 1.54) is 0 Å². The van der Waals surface area contributed by atoms with E-state index in [0.717, 1.165) is 31.5 Å². The number of amides is 1. The minimum absolute atomic E-state index is 0.0424. The topological polar surface area (TPSA) is 50.4 Å². The third kappa shape index (κ3) is 4.59. The van der Waals surface area contributed by atoms with Gasteiger partial charge in [0.1, 0.15) is 18.2 Å². The van der Waals surface area contributed by atoms with Gasteiger partial charge in [0.15, 0.2) is 0 Å². The van der Waals surface area contributed by atoms with Gasteiger partial charge in [0.25, 0.3) is 0 Å². The molecule has 1 aromatic carbocycles. The van der Waals surface area contributed by atoms with E-state index in [2.05, 4.69) is 10.6 Å². The predicted octanol–water partition coefficient (Wildman–Crippen LogP) is 2.09. The molecule has 1 atom stereocenters. The van der Waals surface area contributed by atoms with Crippen molar-refractivity contribution in [3.63, 3.8) is 0 Å². The molecule has 1 aliphatic rings. The Kier molecular flexibility index (Phi) is 5.23. The first-order valence-electron chi connectivity index (χ1n) is 6.88. The molecule has 0 aliphatic carbocycles. The van der Waals surface area contributed by atoms with Crippen LogP contribution in [0.3, 0.4) is 0 Å². The Balaban J connectivity index is 1.81. The SMILES string of the molecule is O=C(NCCOc1cc(F)cc(C(F)(F)F)c1)[C@@H]1CCCN1. The van der Waals surface area contributed by atoms with Crippen molar-refractivity contribution in [3.05, 3.63) is 29.6 Å². The van der Waals surface area contributed by atoms with Crippen LogP contribution in [0.2, 0.25) is 0 Å². The standard InChI is InChI=1S/C14H16F4N2O2/c15-10-6-9(14(16,17)18)7-11(8-10)22-5-4-20-13(21)12-2-1-3-19-12/h6-8,12,19H,1-5H2,(H,20,21)/t12-/m0/s1. The number of alkyl halides is 3. The zero-order chi connectivity index (χ0) is 16.2. The second kappa shape index (κ2) is 6.95. The lowest BCUT2D eigenvalue weighted by Crippen LogP contribution is -2.41. The molecule has 2 rings (SSSR count). The number of halogens is 4. The molecule has 0 saturated carbocycles. The number of ether oxygens (including phenoxy) is 1.